The predicted molar refractivity (Wildman–Crippen MR) is 97.7 cm³/mol. The summed E-state index contributed by atoms with van der Waals surface area (Å²) in [6.07, 6.45) is 0.990. The van der Waals surface area contributed by atoms with Gasteiger partial charge >= 0.3 is 0 Å². The summed E-state index contributed by atoms with van der Waals surface area (Å²) >= 11 is 0. The number of β-lactam (4-membered cyclic amide) rings is 1. The van der Waals surface area contributed by atoms with Crippen LogP contribution >= 0.6 is 0 Å². The number of rotatable bonds is 6. The van der Waals surface area contributed by atoms with E-state index in [0.717, 1.165) is 13.0 Å². The molecule has 0 bridgehead atoms. The Balaban J connectivity index is 1.96. The second-order valence-corrected chi connectivity index (χ2v) is 12.9. The second kappa shape index (κ2) is 6.77. The van der Waals surface area contributed by atoms with Gasteiger partial charge in [-0.15, -0.1) is 0 Å². The van der Waals surface area contributed by atoms with Gasteiger partial charge in [-0.25, -0.2) is 0 Å². The Hall–Kier alpha value is -1.13. The Morgan fingerprint density at radius 3 is 2.30 bits per heavy atom. The molecule has 1 fully saturated rings. The molecule has 0 spiro atoms. The highest BCUT2D eigenvalue weighted by atomic mass is 28.4. The molecule has 1 saturated heterocycles. The van der Waals surface area contributed by atoms with Crippen molar-refractivity contribution in [3.05, 3.63) is 35.9 Å². The van der Waals surface area contributed by atoms with E-state index in [1.54, 1.807) is 0 Å². The first-order valence-electron chi connectivity index (χ1n) is 8.65. The first-order chi connectivity index (χ1) is 10.7. The zero-order valence-electron chi connectivity index (χ0n) is 15.4. The van der Waals surface area contributed by atoms with Crippen LogP contribution in [-0.2, 0) is 15.8 Å². The Kier molecular flexibility index (Phi) is 5.36. The van der Waals surface area contributed by atoms with Gasteiger partial charge in [0.15, 0.2) is 8.32 Å². The highest BCUT2D eigenvalue weighted by Gasteiger charge is 2.47. The third-order valence-corrected chi connectivity index (χ3v) is 10.0. The van der Waals surface area contributed by atoms with Crippen molar-refractivity contribution in [2.24, 2.45) is 5.92 Å². The van der Waals surface area contributed by atoms with E-state index in [-0.39, 0.29) is 16.9 Å². The summed E-state index contributed by atoms with van der Waals surface area (Å²) in [6.45, 7) is 14.7. The number of carbonyl (C=O) groups is 1. The van der Waals surface area contributed by atoms with Crippen molar-refractivity contribution in [2.75, 3.05) is 6.61 Å². The van der Waals surface area contributed by atoms with Crippen LogP contribution in [0.2, 0.25) is 18.1 Å². The van der Waals surface area contributed by atoms with Gasteiger partial charge in [-0.2, -0.15) is 0 Å². The fourth-order valence-electron chi connectivity index (χ4n) is 2.85. The van der Waals surface area contributed by atoms with Gasteiger partial charge in [-0.1, -0.05) is 58.0 Å². The van der Waals surface area contributed by atoms with Crippen molar-refractivity contribution in [1.82, 2.24) is 4.90 Å². The molecule has 2 atom stereocenters. The predicted octanol–water partition coefficient (Wildman–Crippen LogP) is 4.45. The zero-order chi connectivity index (χ0) is 17.3. The molecule has 0 unspecified atom stereocenters. The van der Waals surface area contributed by atoms with Crippen LogP contribution in [0.15, 0.2) is 30.3 Å². The fourth-order valence-corrected chi connectivity index (χ4v) is 3.88. The minimum absolute atomic E-state index is 0.0397. The van der Waals surface area contributed by atoms with Crippen molar-refractivity contribution >= 4 is 14.2 Å². The van der Waals surface area contributed by atoms with Crippen LogP contribution in [0, 0.1) is 5.92 Å². The number of likely N-dealkylation sites (tertiary alicyclic amines) is 1. The lowest BCUT2D eigenvalue weighted by Gasteiger charge is -2.48. The maximum Gasteiger partial charge on any atom is 0.230 e. The van der Waals surface area contributed by atoms with Gasteiger partial charge in [0.1, 0.15) is 0 Å². The van der Waals surface area contributed by atoms with E-state index in [1.165, 1.54) is 5.56 Å². The zero-order valence-corrected chi connectivity index (χ0v) is 16.4. The summed E-state index contributed by atoms with van der Waals surface area (Å²) in [5.41, 5.74) is 1.20. The molecule has 1 amide bonds. The van der Waals surface area contributed by atoms with Crippen molar-refractivity contribution in [2.45, 2.75) is 64.8 Å². The van der Waals surface area contributed by atoms with Crippen LogP contribution in [0.3, 0.4) is 0 Å². The monoisotopic (exact) mass is 333 g/mol. The quantitative estimate of drug-likeness (QED) is 0.569. The molecule has 128 valence electrons. The number of nitrogens with zero attached hydrogens (tertiary/aromatic N) is 1. The average Bonchev–Trinajstić information content (AvgIpc) is 2.48. The molecule has 1 aromatic rings. The molecule has 0 N–H and O–H groups in total. The van der Waals surface area contributed by atoms with E-state index < -0.39 is 8.32 Å². The molecule has 4 heteroatoms. The highest BCUT2D eigenvalue weighted by Crippen LogP contribution is 2.38. The molecule has 1 aromatic carbocycles. The molecule has 0 radical (unpaired) electrons. The van der Waals surface area contributed by atoms with Gasteiger partial charge in [0.2, 0.25) is 5.91 Å². The minimum atomic E-state index is -1.79. The summed E-state index contributed by atoms with van der Waals surface area (Å²) in [7, 11) is -1.79. The van der Waals surface area contributed by atoms with E-state index in [2.05, 4.69) is 52.9 Å². The standard InChI is InChI=1S/C19H31NO2Si/c1-7-17-16(14-22-23(5,6)19(2,3)4)18(21)20(17)13-15-11-9-8-10-12-15/h8-12,16-17H,7,13-14H2,1-6H3/t16-,17+/m1/s1. The summed E-state index contributed by atoms with van der Waals surface area (Å²) in [6, 6.07) is 10.5. The van der Waals surface area contributed by atoms with E-state index in [1.807, 2.05) is 23.1 Å². The van der Waals surface area contributed by atoms with Crippen LogP contribution in [0.25, 0.3) is 0 Å². The molecule has 23 heavy (non-hydrogen) atoms. The lowest BCUT2D eigenvalue weighted by Crippen LogP contribution is -2.62. The molecule has 0 aromatic heterocycles. The Bertz CT molecular complexity index is 536. The average molecular weight is 334 g/mol. The molecule has 1 aliphatic heterocycles. The summed E-state index contributed by atoms with van der Waals surface area (Å²) in [5.74, 6) is 0.289. The second-order valence-electron chi connectivity index (χ2n) is 8.11. The third kappa shape index (κ3) is 3.86. The summed E-state index contributed by atoms with van der Waals surface area (Å²) in [5, 5.41) is 0.186. The van der Waals surface area contributed by atoms with Crippen molar-refractivity contribution in [3.8, 4) is 0 Å². The van der Waals surface area contributed by atoms with Gasteiger partial charge in [0.05, 0.1) is 5.92 Å². The van der Waals surface area contributed by atoms with Crippen LogP contribution in [0.4, 0.5) is 0 Å². The van der Waals surface area contributed by atoms with Gasteiger partial charge in [0, 0.05) is 19.2 Å². The van der Waals surface area contributed by atoms with E-state index in [9.17, 15) is 4.79 Å². The molecule has 3 nitrogen and oxygen atoms in total. The van der Waals surface area contributed by atoms with Crippen molar-refractivity contribution in [3.63, 3.8) is 0 Å². The largest absolute Gasteiger partial charge is 0.416 e. The Morgan fingerprint density at radius 1 is 1.17 bits per heavy atom. The van der Waals surface area contributed by atoms with E-state index >= 15 is 0 Å². The smallest absolute Gasteiger partial charge is 0.230 e. The van der Waals surface area contributed by atoms with E-state index in [4.69, 9.17) is 4.43 Å². The minimum Gasteiger partial charge on any atom is -0.416 e. The number of hydrogen-bond acceptors (Lipinski definition) is 2. The summed E-state index contributed by atoms with van der Waals surface area (Å²) < 4.78 is 6.29. The van der Waals surface area contributed by atoms with Crippen LogP contribution in [-0.4, -0.2) is 31.8 Å². The first-order valence-corrected chi connectivity index (χ1v) is 11.6. The number of benzene rings is 1. The van der Waals surface area contributed by atoms with Crippen LogP contribution < -0.4 is 0 Å². The van der Waals surface area contributed by atoms with Crippen LogP contribution in [0.5, 0.6) is 0 Å². The molecule has 0 aliphatic carbocycles. The van der Waals surface area contributed by atoms with Gasteiger partial charge < -0.3 is 9.33 Å². The Morgan fingerprint density at radius 2 is 1.78 bits per heavy atom. The molecular formula is C19H31NO2Si. The number of hydrogen-bond donors (Lipinski definition) is 0. The molecular weight excluding hydrogens is 302 g/mol. The highest BCUT2D eigenvalue weighted by molar-refractivity contribution is 6.74. The molecule has 1 aliphatic rings. The van der Waals surface area contributed by atoms with Gasteiger partial charge in [-0.05, 0) is 30.1 Å². The topological polar surface area (TPSA) is 29.5 Å². The van der Waals surface area contributed by atoms with Crippen molar-refractivity contribution < 1.29 is 9.22 Å². The van der Waals surface area contributed by atoms with Gasteiger partial charge in [-0.3, -0.25) is 4.79 Å². The van der Waals surface area contributed by atoms with Gasteiger partial charge in [0.25, 0.3) is 0 Å². The number of carbonyl (C=O) groups excluding carboxylic acids is 1. The number of amides is 1. The fraction of sp³-hybridized carbons (Fsp3) is 0.632. The lowest BCUT2D eigenvalue weighted by atomic mass is 9.85. The summed E-state index contributed by atoms with van der Waals surface area (Å²) in [4.78, 5) is 14.6. The van der Waals surface area contributed by atoms with Crippen LogP contribution in [0.1, 0.15) is 39.7 Å². The van der Waals surface area contributed by atoms with E-state index in [0.29, 0.717) is 12.6 Å². The maximum atomic E-state index is 12.6. The third-order valence-electron chi connectivity index (χ3n) is 5.51. The molecule has 0 saturated carbocycles. The normalized spacial score (nSPS) is 22.2. The first kappa shape index (κ1) is 18.2. The maximum absolute atomic E-state index is 12.6. The lowest BCUT2D eigenvalue weighted by molar-refractivity contribution is -0.160. The Labute approximate surface area is 142 Å². The van der Waals surface area contributed by atoms with Crippen molar-refractivity contribution in [1.29, 1.82) is 0 Å². The SMILES string of the molecule is CC[C@H]1[C@@H](CO[Si](C)(C)C(C)(C)C)C(=O)N1Cc1ccccc1. The molecule has 2 rings (SSSR count). The molecule has 1 heterocycles.